The van der Waals surface area contributed by atoms with E-state index in [4.69, 9.17) is 15.2 Å². The molecule has 0 radical (unpaired) electrons. The molecule has 6 heteroatoms. The van der Waals surface area contributed by atoms with Gasteiger partial charge in [-0.3, -0.25) is 5.73 Å². The predicted molar refractivity (Wildman–Crippen MR) is 79.1 cm³/mol. The van der Waals surface area contributed by atoms with Crippen molar-refractivity contribution in [2.24, 2.45) is 22.5 Å². The Bertz CT molecular complexity index is 780. The molecule has 1 aliphatic carbocycles. The average molecular weight is 309 g/mol. The van der Waals surface area contributed by atoms with Gasteiger partial charge in [-0.05, 0) is 18.9 Å². The van der Waals surface area contributed by atoms with Gasteiger partial charge in [0, 0.05) is 5.92 Å². The van der Waals surface area contributed by atoms with Crippen molar-refractivity contribution in [3.05, 3.63) is 35.9 Å². The lowest BCUT2D eigenvalue weighted by Gasteiger charge is -2.23. The average Bonchev–Trinajstić information content (AvgIpc) is 2.85. The number of ether oxygens (including phenoxy) is 2. The Morgan fingerprint density at radius 2 is 2.04 bits per heavy atom. The van der Waals surface area contributed by atoms with E-state index in [-0.39, 0.29) is 17.9 Å². The number of nitriles is 2. The van der Waals surface area contributed by atoms with E-state index in [0.29, 0.717) is 13.0 Å². The largest absolute Gasteiger partial charge is 0.343 e. The second kappa shape index (κ2) is 4.32. The molecule has 1 aromatic rings. The van der Waals surface area contributed by atoms with Gasteiger partial charge in [0.1, 0.15) is 0 Å². The standard InChI is InChI=1S/C17H16N4O2/c1-11-8-22-17(23-11)16(10-19)13(7-12-5-3-2-4-6-12)15(16,9-18)14(20)21-17/h2-6,11,13H,7-8H2,1H3,(H2,20,21)/p+1/t11-,13-,15-,16-,17+/m1/s1. The summed E-state index contributed by atoms with van der Waals surface area (Å²) in [5.74, 6) is -1.31. The van der Waals surface area contributed by atoms with Gasteiger partial charge in [0.25, 0.3) is 5.84 Å². The molecule has 1 spiro atoms. The zero-order valence-electron chi connectivity index (χ0n) is 12.7. The second-order valence-corrected chi connectivity index (χ2v) is 6.48. The lowest BCUT2D eigenvalue weighted by Crippen LogP contribution is -2.90. The van der Waals surface area contributed by atoms with Crippen LogP contribution in [-0.4, -0.2) is 24.5 Å². The van der Waals surface area contributed by atoms with Crippen LogP contribution >= 0.6 is 0 Å². The normalized spacial score (nSPS) is 43.5. The van der Waals surface area contributed by atoms with E-state index in [1.807, 2.05) is 37.3 Å². The highest BCUT2D eigenvalue weighted by molar-refractivity contribution is 5.93. The van der Waals surface area contributed by atoms with E-state index in [2.05, 4.69) is 17.1 Å². The molecular weight excluding hydrogens is 292 g/mol. The fourth-order valence-electron chi connectivity index (χ4n) is 4.30. The minimum absolute atomic E-state index is 0.159. The molecule has 1 aromatic carbocycles. The summed E-state index contributed by atoms with van der Waals surface area (Å²) in [6, 6.07) is 14.4. The molecule has 116 valence electrons. The minimum Gasteiger partial charge on any atom is -0.311 e. The monoisotopic (exact) mass is 309 g/mol. The molecule has 4 rings (SSSR count). The summed E-state index contributed by atoms with van der Waals surface area (Å²) < 4.78 is 11.7. The second-order valence-electron chi connectivity index (χ2n) is 6.48. The molecule has 2 fully saturated rings. The molecule has 0 amide bonds. The van der Waals surface area contributed by atoms with E-state index >= 15 is 0 Å². The highest BCUT2D eigenvalue weighted by Crippen LogP contribution is 2.75. The Morgan fingerprint density at radius 1 is 1.30 bits per heavy atom. The summed E-state index contributed by atoms with van der Waals surface area (Å²) >= 11 is 0. The van der Waals surface area contributed by atoms with Crippen LogP contribution in [0.2, 0.25) is 0 Å². The Labute approximate surface area is 134 Å². The van der Waals surface area contributed by atoms with Gasteiger partial charge in [0.15, 0.2) is 10.8 Å². The Morgan fingerprint density at radius 3 is 2.61 bits per heavy atom. The van der Waals surface area contributed by atoms with Gasteiger partial charge in [-0.25, -0.2) is 4.99 Å². The van der Waals surface area contributed by atoms with E-state index in [9.17, 15) is 10.5 Å². The van der Waals surface area contributed by atoms with Crippen molar-refractivity contribution in [2.45, 2.75) is 25.4 Å². The van der Waals surface area contributed by atoms with Crippen LogP contribution in [0.25, 0.3) is 0 Å². The number of fused-ring (bicyclic) bond motifs is 2. The van der Waals surface area contributed by atoms with Crippen LogP contribution in [0.15, 0.2) is 30.3 Å². The van der Waals surface area contributed by atoms with Crippen LogP contribution in [0.4, 0.5) is 0 Å². The van der Waals surface area contributed by atoms with Crippen molar-refractivity contribution < 1.29 is 14.5 Å². The number of benzene rings is 1. The molecule has 2 heterocycles. The topological polar surface area (TPSA) is 106 Å². The first-order chi connectivity index (χ1) is 11.1. The van der Waals surface area contributed by atoms with Gasteiger partial charge in [0.2, 0.25) is 0 Å². The number of nitrogens with two attached hydrogens (primary N) is 1. The molecule has 2 aliphatic heterocycles. The number of hydrogen-bond acceptors (Lipinski definition) is 5. The highest BCUT2D eigenvalue weighted by Gasteiger charge is 2.97. The SMILES string of the molecule is C[C@@H]1CO[C@]2([NH+]=C(N)[C@@]3(C#N)[C@@H](Cc4ccccc4)[C@@]23C#N)O1. The molecule has 0 bridgehead atoms. The first-order valence-corrected chi connectivity index (χ1v) is 7.65. The van der Waals surface area contributed by atoms with Crippen molar-refractivity contribution in [1.82, 2.24) is 0 Å². The third-order valence-electron chi connectivity index (χ3n) is 5.35. The molecule has 23 heavy (non-hydrogen) atoms. The van der Waals surface area contributed by atoms with Crippen molar-refractivity contribution >= 4 is 5.84 Å². The lowest BCUT2D eigenvalue weighted by molar-refractivity contribution is -0.678. The van der Waals surface area contributed by atoms with E-state index in [1.54, 1.807) is 0 Å². The van der Waals surface area contributed by atoms with E-state index in [1.165, 1.54) is 0 Å². The maximum absolute atomic E-state index is 9.97. The number of amidine groups is 1. The van der Waals surface area contributed by atoms with Gasteiger partial charge in [-0.1, -0.05) is 30.3 Å². The summed E-state index contributed by atoms with van der Waals surface area (Å²) in [6.07, 6.45) is 0.417. The number of nitrogens with one attached hydrogen (secondary N) is 1. The zero-order chi connectivity index (χ0) is 16.3. The van der Waals surface area contributed by atoms with Crippen molar-refractivity contribution in [3.63, 3.8) is 0 Å². The van der Waals surface area contributed by atoms with Crippen LogP contribution in [0.5, 0.6) is 0 Å². The fraction of sp³-hybridized carbons (Fsp3) is 0.471. The molecule has 1 saturated carbocycles. The van der Waals surface area contributed by atoms with Gasteiger partial charge in [0.05, 0.1) is 24.8 Å². The van der Waals surface area contributed by atoms with Crippen LogP contribution in [0.3, 0.4) is 0 Å². The molecule has 6 nitrogen and oxygen atoms in total. The maximum Gasteiger partial charge on any atom is 0.343 e. The van der Waals surface area contributed by atoms with Crippen molar-refractivity contribution in [3.8, 4) is 12.1 Å². The van der Waals surface area contributed by atoms with Gasteiger partial charge >= 0.3 is 5.91 Å². The van der Waals surface area contributed by atoms with Crippen LogP contribution in [0.1, 0.15) is 12.5 Å². The third-order valence-corrected chi connectivity index (χ3v) is 5.35. The molecular formula is C17H17N4O2+. The third kappa shape index (κ3) is 1.41. The van der Waals surface area contributed by atoms with E-state index < -0.39 is 16.7 Å². The summed E-state index contributed by atoms with van der Waals surface area (Å²) in [5.41, 5.74) is 5.00. The minimum atomic E-state index is -1.32. The van der Waals surface area contributed by atoms with Crippen LogP contribution < -0.4 is 10.7 Å². The number of hydrogen-bond donors (Lipinski definition) is 2. The maximum atomic E-state index is 9.97. The Kier molecular flexibility index (Phi) is 2.67. The molecule has 0 unspecified atom stereocenters. The molecule has 3 aliphatic rings. The fourth-order valence-corrected chi connectivity index (χ4v) is 4.30. The smallest absolute Gasteiger partial charge is 0.311 e. The summed E-state index contributed by atoms with van der Waals surface area (Å²) in [6.45, 7) is 2.24. The van der Waals surface area contributed by atoms with Gasteiger partial charge in [-0.15, -0.1) is 0 Å². The first kappa shape index (κ1) is 14.2. The summed E-state index contributed by atoms with van der Waals surface area (Å²) in [5, 5.41) is 19.8. The van der Waals surface area contributed by atoms with E-state index in [0.717, 1.165) is 5.56 Å². The van der Waals surface area contributed by atoms with Crippen LogP contribution in [0, 0.1) is 39.4 Å². The molecule has 3 N–H and O–H groups in total. The van der Waals surface area contributed by atoms with Gasteiger partial charge in [-0.2, -0.15) is 10.5 Å². The summed E-state index contributed by atoms with van der Waals surface area (Å²) in [4.78, 5) is 2.96. The molecule has 1 saturated heterocycles. The Hall–Kier alpha value is -2.41. The predicted octanol–water partition coefficient (Wildman–Crippen LogP) is -0.581. The quantitative estimate of drug-likeness (QED) is 0.760. The van der Waals surface area contributed by atoms with Crippen molar-refractivity contribution in [1.29, 1.82) is 10.5 Å². The van der Waals surface area contributed by atoms with Crippen LogP contribution in [-0.2, 0) is 15.9 Å². The van der Waals surface area contributed by atoms with Crippen molar-refractivity contribution in [2.75, 3.05) is 6.61 Å². The van der Waals surface area contributed by atoms with Gasteiger partial charge < -0.3 is 9.47 Å². The highest BCUT2D eigenvalue weighted by atomic mass is 16.8. The Balaban J connectivity index is 1.80. The zero-order valence-corrected chi connectivity index (χ0v) is 12.7. The lowest BCUT2D eigenvalue weighted by atomic mass is 9.94. The first-order valence-electron chi connectivity index (χ1n) is 7.65. The number of nitrogens with zero attached hydrogens (tertiary/aromatic N) is 2. The number of rotatable bonds is 2. The summed E-state index contributed by atoms with van der Waals surface area (Å²) in [7, 11) is 0. The molecule has 0 aromatic heterocycles. The molecule has 5 atom stereocenters.